The van der Waals surface area contributed by atoms with Crippen LogP contribution in [0.15, 0.2) is 0 Å². The predicted octanol–water partition coefficient (Wildman–Crippen LogP) is -4.69. The van der Waals surface area contributed by atoms with E-state index in [2.05, 4.69) is 0 Å². The van der Waals surface area contributed by atoms with E-state index in [0.717, 1.165) is 0 Å². The molecule has 48 valence electrons. The predicted molar refractivity (Wildman–Crippen MR) is 10.2 cm³/mol. The van der Waals surface area contributed by atoms with E-state index >= 15 is 0 Å². The van der Waals surface area contributed by atoms with Gasteiger partial charge in [0.2, 0.25) is 0 Å². The maximum atomic E-state index is 9.90. The molecule has 0 aromatic heterocycles. The second kappa shape index (κ2) is 8.94. The minimum atomic E-state index is -7.18. The van der Waals surface area contributed by atoms with E-state index in [9.17, 15) is 10.5 Å². The Morgan fingerprint density at radius 3 is 0.750 bits per heavy atom. The van der Waals surface area contributed by atoms with E-state index in [1.807, 2.05) is 0 Å². The number of rotatable bonds is 0. The van der Waals surface area contributed by atoms with Crippen molar-refractivity contribution in [3.63, 3.8) is 0 Å². The second-order valence-corrected chi connectivity index (χ2v) is 2.54. The van der Waals surface area contributed by atoms with Crippen LogP contribution in [0, 0.1) is 0 Å². The molecule has 0 unspecified atom stereocenters. The maximum Gasteiger partial charge on any atom is 2.00 e. The molecule has 0 aromatic carbocycles. The molecule has 0 rings (SSSR count). The van der Waals surface area contributed by atoms with Gasteiger partial charge in [-0.1, -0.05) is 0 Å². The molecular weight excluding hydrogens is 293 g/mol. The topological polar surface area (TPSA) is 0 Å². The summed E-state index contributed by atoms with van der Waals surface area (Å²) in [5.41, 5.74) is 0. The maximum absolute atomic E-state index is 9.90. The van der Waals surface area contributed by atoms with Crippen molar-refractivity contribution in [2.24, 2.45) is 0 Å². The van der Waals surface area contributed by atoms with E-state index in [4.69, 9.17) is 0 Å². The molecule has 0 aromatic rings. The Kier molecular flexibility index (Phi) is 25.2. The molecule has 8 heteroatoms. The van der Waals surface area contributed by atoms with Crippen molar-refractivity contribution in [1.82, 2.24) is 0 Å². The van der Waals surface area contributed by atoms with Gasteiger partial charge in [0, 0.05) is 0 Å². The summed E-state index contributed by atoms with van der Waals surface area (Å²) in [6.07, 6.45) is 0. The molecule has 0 N–H and O–H groups in total. The smallest absolute Gasteiger partial charge is 2.00 e. The third-order valence-corrected chi connectivity index (χ3v) is 0. The van der Waals surface area contributed by atoms with Gasteiger partial charge in [-0.15, -0.1) is 0 Å². The van der Waals surface area contributed by atoms with E-state index in [0.29, 0.717) is 0 Å². The molecule has 0 atom stereocenters. The summed E-state index contributed by atoms with van der Waals surface area (Å²) in [5, 5.41) is 0. The molecule has 0 bridgehead atoms. The minimum Gasteiger partial charge on any atom is 2.00 e. The Hall–Kier alpha value is 1.94. The van der Waals surface area contributed by atoms with Crippen LogP contribution in [0.2, 0.25) is 0 Å². The number of hydrogen-bond acceptors (Lipinski definition) is 0. The zero-order valence-electron chi connectivity index (χ0n) is 3.47. The van der Waals surface area contributed by atoms with Gasteiger partial charge in [0.05, 0.1) is 0 Å². The van der Waals surface area contributed by atoms with Crippen LogP contribution in [0.4, 0.5) is 10.5 Å². The van der Waals surface area contributed by atoms with Gasteiger partial charge in [-0.3, -0.25) is 0 Å². The van der Waals surface area contributed by atoms with Crippen molar-refractivity contribution in [1.29, 1.82) is 0 Å². The van der Waals surface area contributed by atoms with E-state index in [1.165, 1.54) is 0 Å². The Balaban J connectivity index is -0.0000000267. The molecule has 0 nitrogen and oxygen atoms in total. The van der Waals surface area contributed by atoms with Crippen LogP contribution in [0.1, 0.15) is 0 Å². The second-order valence-electron chi connectivity index (χ2n) is 0.429. The Labute approximate surface area is 86.6 Å². The van der Waals surface area contributed by atoms with Gasteiger partial charge in [-0.05, 0) is 0 Å². The van der Waals surface area contributed by atoms with Gasteiger partial charge in [0.15, 0.2) is 0 Å². The summed E-state index contributed by atoms with van der Waals surface area (Å²) in [7, 11) is 0. The third-order valence-electron chi connectivity index (χ3n) is 0. The van der Waals surface area contributed by atoms with Gasteiger partial charge in [0.1, 0.15) is 0 Å². The van der Waals surface area contributed by atoms with Crippen LogP contribution < -0.4 is 9.41 Å². The normalized spacial score (nSPS) is 7.50. The number of hydrogen-bond donors (Lipinski definition) is 0. The molecule has 0 heterocycles. The Bertz CT molecular complexity index is 24.0. The summed E-state index contributed by atoms with van der Waals surface area (Å²) in [6.45, 7) is 0. The van der Waals surface area contributed by atoms with Crippen LogP contribution in [-0.4, -0.2) is 45.5 Å². The summed E-state index contributed by atoms with van der Waals surface area (Å²) in [5.74, 6) is 0. The van der Waals surface area contributed by atoms with Crippen molar-refractivity contribution in [2.45, 2.75) is 0 Å². The summed E-state index contributed by atoms with van der Waals surface area (Å²) in [4.78, 5) is 0. The molecule has 0 radical (unpaired) electrons. The van der Waals surface area contributed by atoms with Crippen molar-refractivity contribution >= 4 is 45.5 Å². The zero-order valence-corrected chi connectivity index (χ0v) is 9.41. The first-order valence-corrected chi connectivity index (χ1v) is 4.47. The fraction of sp³-hybridized carbons (Fsp3) is 0. The fourth-order valence-corrected chi connectivity index (χ4v) is 0. The van der Waals surface area contributed by atoms with E-state index in [1.54, 1.807) is 0 Å². The standard InChI is InChI=1S/6FH.Sr.Zr/h6*1H;;/q;;;;;;+2;+4/p-6. The van der Waals surface area contributed by atoms with Gasteiger partial charge in [0.25, 0.3) is 0 Å². The van der Waals surface area contributed by atoms with Crippen molar-refractivity contribution in [2.75, 3.05) is 0 Å². The first-order valence-electron chi connectivity index (χ1n) is 0.756. The van der Waals surface area contributed by atoms with Crippen LogP contribution in [0.3, 0.4) is 0 Å². The largest absolute Gasteiger partial charge is 2.00 e. The first kappa shape index (κ1) is 22.5. The van der Waals surface area contributed by atoms with Gasteiger partial charge in [-0.25, -0.2) is 0 Å². The van der Waals surface area contributed by atoms with Crippen molar-refractivity contribution in [3.05, 3.63) is 0 Å². The average Bonchev–Trinajstić information content (AvgIpc) is 0.722. The molecule has 0 spiro atoms. The van der Waals surface area contributed by atoms with Crippen LogP contribution in [-0.2, 0) is 22.7 Å². The third kappa shape index (κ3) is 101. The Morgan fingerprint density at radius 1 is 0.750 bits per heavy atom. The van der Waals surface area contributed by atoms with Crippen LogP contribution in [0.5, 0.6) is 0 Å². The molecule has 0 saturated heterocycles. The zero-order chi connectivity index (χ0) is 4.50. The average molecular weight is 293 g/mol. The van der Waals surface area contributed by atoms with E-state index in [-0.39, 0.29) is 54.9 Å². The van der Waals surface area contributed by atoms with Crippen molar-refractivity contribution in [3.8, 4) is 0 Å². The Morgan fingerprint density at radius 2 is 0.750 bits per heavy atom. The van der Waals surface area contributed by atoms with Crippen LogP contribution in [0.25, 0.3) is 0 Å². The molecule has 0 aliphatic rings. The fourth-order valence-electron chi connectivity index (χ4n) is 0. The van der Waals surface area contributed by atoms with Gasteiger partial charge < -0.3 is 9.41 Å². The monoisotopic (exact) mass is 292 g/mol. The molecule has 8 heavy (non-hydrogen) atoms. The molecule has 0 saturated carbocycles. The quantitative estimate of drug-likeness (QED) is 0.311. The summed E-state index contributed by atoms with van der Waals surface area (Å²) >= 11 is -7.18. The first-order chi connectivity index (χ1) is 2.00. The van der Waals surface area contributed by atoms with Gasteiger partial charge in [-0.2, -0.15) is 0 Å². The van der Waals surface area contributed by atoms with Crippen molar-refractivity contribution < 1.29 is 42.6 Å². The molecular formula is F6SrZr. The summed E-state index contributed by atoms with van der Waals surface area (Å²) in [6, 6.07) is 0. The molecule has 0 aliphatic carbocycles. The van der Waals surface area contributed by atoms with E-state index < -0.39 is 22.7 Å². The van der Waals surface area contributed by atoms with Crippen LogP contribution >= 0.6 is 0 Å². The number of halogens is 6. The molecule has 0 fully saturated rings. The molecule has 0 amide bonds. The summed E-state index contributed by atoms with van der Waals surface area (Å²) < 4.78 is 39.6. The minimum absolute atomic E-state index is 0. The van der Waals surface area contributed by atoms with Gasteiger partial charge >= 0.3 is 78.7 Å². The molecule has 0 aliphatic heterocycles. The SMILES string of the molecule is [F-].[F-].[F][Zr]([F])([F])[F].[Sr+2].